The van der Waals surface area contributed by atoms with Gasteiger partial charge in [0.25, 0.3) is 5.91 Å². The summed E-state index contributed by atoms with van der Waals surface area (Å²) >= 11 is 6.03. The molecule has 0 saturated heterocycles. The number of benzene rings is 2. The normalized spacial score (nSPS) is 12.6. The highest BCUT2D eigenvalue weighted by molar-refractivity contribution is 6.30. The first-order valence-electron chi connectivity index (χ1n) is 11.7. The summed E-state index contributed by atoms with van der Waals surface area (Å²) in [5.41, 5.74) is 1.90. The molecule has 1 amide bonds. The summed E-state index contributed by atoms with van der Waals surface area (Å²) < 4.78 is 24.1. The number of nitrogens with zero attached hydrogens (tertiary/aromatic N) is 3. The van der Waals surface area contributed by atoms with Crippen molar-refractivity contribution >= 4 is 23.5 Å². The molecular weight excluding hydrogens is 519 g/mol. The SMILES string of the molecule is CCOC(=O)[C@H](Cc1noc(=O)[nH]1)C[C@@H](Cc1ccc(-c2cc(Cl)ccc2F)cc1)NC(=O)c1cn[nH]n1. The van der Waals surface area contributed by atoms with Crippen molar-refractivity contribution in [2.45, 2.75) is 32.2 Å². The Balaban J connectivity index is 1.57. The molecule has 0 unspecified atom stereocenters. The first-order chi connectivity index (χ1) is 18.3. The zero-order valence-corrected chi connectivity index (χ0v) is 21.0. The minimum Gasteiger partial charge on any atom is -0.466 e. The molecule has 38 heavy (non-hydrogen) atoms. The second-order valence-corrected chi connectivity index (χ2v) is 8.92. The molecule has 0 aliphatic carbocycles. The minimum absolute atomic E-state index is 0.0356. The Labute approximate surface area is 220 Å². The fourth-order valence-corrected chi connectivity index (χ4v) is 4.21. The summed E-state index contributed by atoms with van der Waals surface area (Å²) in [5.74, 6) is -2.71. The van der Waals surface area contributed by atoms with Gasteiger partial charge in [-0.3, -0.25) is 19.1 Å². The molecule has 13 heteroatoms. The molecule has 11 nitrogen and oxygen atoms in total. The van der Waals surface area contributed by atoms with E-state index in [9.17, 15) is 18.8 Å². The molecule has 0 aliphatic heterocycles. The molecule has 0 saturated carbocycles. The Morgan fingerprint density at radius 3 is 2.63 bits per heavy atom. The Kier molecular flexibility index (Phi) is 8.64. The van der Waals surface area contributed by atoms with Gasteiger partial charge in [0, 0.05) is 23.0 Å². The number of aromatic nitrogens is 5. The van der Waals surface area contributed by atoms with Gasteiger partial charge in [-0.2, -0.15) is 15.4 Å². The van der Waals surface area contributed by atoms with E-state index in [1.807, 2.05) is 0 Å². The fourth-order valence-electron chi connectivity index (χ4n) is 4.04. The molecule has 198 valence electrons. The van der Waals surface area contributed by atoms with E-state index in [1.165, 1.54) is 18.3 Å². The van der Waals surface area contributed by atoms with Crippen LogP contribution in [0.5, 0.6) is 0 Å². The first kappa shape index (κ1) is 26.7. The number of ether oxygens (including phenoxy) is 1. The largest absolute Gasteiger partial charge is 0.466 e. The molecule has 3 N–H and O–H groups in total. The lowest BCUT2D eigenvalue weighted by Crippen LogP contribution is -2.40. The standard InChI is InChI=1S/C25H24ClFN6O5/c1-2-37-24(35)16(11-22-30-25(36)38-32-22)10-18(29-23(34)21-13-28-33-31-21)9-14-3-5-15(6-4-14)19-12-17(26)7-8-20(19)27/h3-8,12-13,16,18H,2,9-11H2,1H3,(H,29,34)(H,28,31,33)(H,30,32,36)/t16-,18+/m0/s1. The lowest BCUT2D eigenvalue weighted by Gasteiger charge is -2.23. The van der Waals surface area contributed by atoms with Gasteiger partial charge in [-0.15, -0.1) is 0 Å². The van der Waals surface area contributed by atoms with Crippen molar-refractivity contribution in [3.63, 3.8) is 0 Å². The Hall–Kier alpha value is -4.32. The summed E-state index contributed by atoms with van der Waals surface area (Å²) in [5, 5.41) is 16.8. The lowest BCUT2D eigenvalue weighted by atomic mass is 9.91. The molecule has 0 spiro atoms. The van der Waals surface area contributed by atoms with Crippen LogP contribution in [0.15, 0.2) is 58.0 Å². The summed E-state index contributed by atoms with van der Waals surface area (Å²) in [7, 11) is 0. The van der Waals surface area contributed by atoms with Crippen molar-refractivity contribution in [3.05, 3.63) is 87.1 Å². The van der Waals surface area contributed by atoms with Crippen LogP contribution in [0.3, 0.4) is 0 Å². The number of carbonyl (C=O) groups is 2. The number of esters is 1. The second kappa shape index (κ2) is 12.3. The van der Waals surface area contributed by atoms with Crippen LogP contribution < -0.4 is 11.1 Å². The molecule has 0 aliphatic rings. The van der Waals surface area contributed by atoms with Gasteiger partial charge in [0.1, 0.15) is 5.82 Å². The molecule has 0 bridgehead atoms. The van der Waals surface area contributed by atoms with Gasteiger partial charge in [-0.05, 0) is 49.1 Å². The number of H-pyrrole nitrogens is 2. The van der Waals surface area contributed by atoms with Crippen molar-refractivity contribution in [1.29, 1.82) is 0 Å². The lowest BCUT2D eigenvalue weighted by molar-refractivity contribution is -0.148. The third-order valence-electron chi connectivity index (χ3n) is 5.77. The van der Waals surface area contributed by atoms with Crippen LogP contribution in [-0.4, -0.2) is 50.1 Å². The van der Waals surface area contributed by atoms with E-state index in [4.69, 9.17) is 16.3 Å². The Morgan fingerprint density at radius 2 is 1.97 bits per heavy atom. The topological polar surface area (TPSA) is 156 Å². The van der Waals surface area contributed by atoms with Crippen LogP contribution in [0, 0.1) is 11.7 Å². The van der Waals surface area contributed by atoms with Crippen LogP contribution in [0.1, 0.15) is 35.2 Å². The maximum absolute atomic E-state index is 14.3. The van der Waals surface area contributed by atoms with E-state index in [0.29, 0.717) is 22.6 Å². The van der Waals surface area contributed by atoms with Crippen molar-refractivity contribution in [2.24, 2.45) is 5.92 Å². The maximum atomic E-state index is 14.3. The molecule has 0 fully saturated rings. The quantitative estimate of drug-likeness (QED) is 0.244. The van der Waals surface area contributed by atoms with E-state index in [2.05, 4.69) is 35.4 Å². The zero-order chi connectivity index (χ0) is 27.1. The third kappa shape index (κ3) is 6.91. The van der Waals surface area contributed by atoms with Crippen LogP contribution in [-0.2, 0) is 22.4 Å². The Morgan fingerprint density at radius 1 is 1.18 bits per heavy atom. The highest BCUT2D eigenvalue weighted by Crippen LogP contribution is 2.27. The minimum atomic E-state index is -0.752. The highest BCUT2D eigenvalue weighted by atomic mass is 35.5. The summed E-state index contributed by atoms with van der Waals surface area (Å²) in [6.07, 6.45) is 1.80. The zero-order valence-electron chi connectivity index (χ0n) is 20.2. The van der Waals surface area contributed by atoms with E-state index in [1.54, 1.807) is 37.3 Å². The van der Waals surface area contributed by atoms with E-state index in [-0.39, 0.29) is 31.0 Å². The van der Waals surface area contributed by atoms with Gasteiger partial charge < -0.3 is 10.1 Å². The second-order valence-electron chi connectivity index (χ2n) is 8.48. The first-order valence-corrected chi connectivity index (χ1v) is 12.1. The smallest absolute Gasteiger partial charge is 0.438 e. The Bertz CT molecular complexity index is 1440. The molecule has 4 rings (SSSR count). The number of rotatable bonds is 11. The summed E-state index contributed by atoms with van der Waals surface area (Å²) in [6.45, 7) is 1.84. The van der Waals surface area contributed by atoms with E-state index >= 15 is 0 Å². The van der Waals surface area contributed by atoms with Gasteiger partial charge in [-0.1, -0.05) is 41.0 Å². The highest BCUT2D eigenvalue weighted by Gasteiger charge is 2.28. The average Bonchev–Trinajstić information content (AvgIpc) is 3.58. The van der Waals surface area contributed by atoms with Gasteiger partial charge in [0.05, 0.1) is 18.7 Å². The van der Waals surface area contributed by atoms with Crippen molar-refractivity contribution < 1.29 is 23.2 Å². The number of carbonyl (C=O) groups excluding carboxylic acids is 2. The van der Waals surface area contributed by atoms with Gasteiger partial charge in [0.2, 0.25) is 0 Å². The average molecular weight is 543 g/mol. The van der Waals surface area contributed by atoms with Crippen molar-refractivity contribution in [2.75, 3.05) is 6.61 Å². The number of aromatic amines is 2. The molecule has 4 aromatic rings. The number of halogens is 2. The molecular formula is C25H24ClFN6O5. The number of nitrogens with one attached hydrogen (secondary N) is 3. The maximum Gasteiger partial charge on any atom is 0.438 e. The summed E-state index contributed by atoms with van der Waals surface area (Å²) in [4.78, 5) is 39.3. The third-order valence-corrected chi connectivity index (χ3v) is 6.01. The van der Waals surface area contributed by atoms with Crippen LogP contribution in [0.4, 0.5) is 4.39 Å². The molecule has 0 radical (unpaired) electrons. The number of hydrogen-bond donors (Lipinski definition) is 3. The summed E-state index contributed by atoms with van der Waals surface area (Å²) in [6, 6.07) is 10.9. The van der Waals surface area contributed by atoms with Crippen LogP contribution in [0.2, 0.25) is 5.02 Å². The van der Waals surface area contributed by atoms with Crippen molar-refractivity contribution in [3.8, 4) is 11.1 Å². The predicted molar refractivity (Wildman–Crippen MR) is 134 cm³/mol. The van der Waals surface area contributed by atoms with Gasteiger partial charge in [-0.25, -0.2) is 9.18 Å². The fraction of sp³-hybridized carbons (Fsp3) is 0.280. The molecule has 2 aromatic heterocycles. The van der Waals surface area contributed by atoms with Crippen LogP contribution in [0.25, 0.3) is 11.1 Å². The molecule has 2 atom stereocenters. The van der Waals surface area contributed by atoms with Gasteiger partial charge >= 0.3 is 11.7 Å². The number of hydrogen-bond acceptors (Lipinski definition) is 8. The van der Waals surface area contributed by atoms with E-state index in [0.717, 1.165) is 5.56 Å². The predicted octanol–water partition coefficient (Wildman–Crippen LogP) is 3.09. The van der Waals surface area contributed by atoms with E-state index < -0.39 is 35.4 Å². The van der Waals surface area contributed by atoms with Gasteiger partial charge in [0.15, 0.2) is 11.5 Å². The van der Waals surface area contributed by atoms with Crippen molar-refractivity contribution in [1.82, 2.24) is 30.9 Å². The monoisotopic (exact) mass is 542 g/mol. The molecule has 2 heterocycles. The molecule has 2 aromatic carbocycles. The van der Waals surface area contributed by atoms with Crippen LogP contribution >= 0.6 is 11.6 Å². The number of amides is 1.